The third-order valence-corrected chi connectivity index (χ3v) is 7.79. The average molecular weight is 514 g/mol. The Hall–Kier alpha value is -3.23. The fraction of sp³-hybridized carbons (Fsp3) is 0.269. The van der Waals surface area contributed by atoms with Crippen LogP contribution in [0.1, 0.15) is 19.8 Å². The summed E-state index contributed by atoms with van der Waals surface area (Å²) in [5.41, 5.74) is 2.07. The quantitative estimate of drug-likeness (QED) is 0.427. The summed E-state index contributed by atoms with van der Waals surface area (Å²) in [6.07, 6.45) is 2.37. The zero-order valence-electron chi connectivity index (χ0n) is 19.5. The van der Waals surface area contributed by atoms with Crippen molar-refractivity contribution in [3.05, 3.63) is 77.8 Å². The normalized spacial score (nSPS) is 13.5. The molecule has 4 rings (SSSR count). The molecule has 3 aromatic carbocycles. The first-order valence-corrected chi connectivity index (χ1v) is 13.3. The number of sulfonamides is 1. The molecule has 3 aromatic rings. The van der Waals surface area contributed by atoms with E-state index in [1.807, 2.05) is 31.2 Å². The maximum absolute atomic E-state index is 13.5. The highest BCUT2D eigenvalue weighted by Crippen LogP contribution is 2.27. The molecular weight excluding hydrogens is 486 g/mol. The van der Waals surface area contributed by atoms with E-state index in [0.717, 1.165) is 23.1 Å². The number of carbonyl (C=O) groups excluding carboxylic acids is 1. The Morgan fingerprint density at radius 1 is 0.971 bits per heavy atom. The molecule has 1 aliphatic heterocycles. The van der Waals surface area contributed by atoms with Crippen LogP contribution in [0, 0.1) is 0 Å². The zero-order chi connectivity index (χ0) is 24.8. The lowest BCUT2D eigenvalue weighted by Gasteiger charge is -2.24. The Balaban J connectivity index is 1.55. The maximum Gasteiger partial charge on any atom is 0.264 e. The molecule has 0 spiro atoms. The highest BCUT2D eigenvalue weighted by Gasteiger charge is 2.27. The fourth-order valence-corrected chi connectivity index (χ4v) is 5.53. The number of carbonyl (C=O) groups is 1. The molecule has 1 N–H and O–H groups in total. The summed E-state index contributed by atoms with van der Waals surface area (Å²) in [5, 5.41) is 3.24. The van der Waals surface area contributed by atoms with Crippen molar-refractivity contribution in [3.63, 3.8) is 0 Å². The van der Waals surface area contributed by atoms with Crippen LogP contribution in [0.25, 0.3) is 0 Å². The lowest BCUT2D eigenvalue weighted by atomic mass is 10.2. The van der Waals surface area contributed by atoms with Gasteiger partial charge in [-0.05, 0) is 92.6 Å². The van der Waals surface area contributed by atoms with Crippen molar-refractivity contribution in [1.82, 2.24) is 0 Å². The van der Waals surface area contributed by atoms with Crippen molar-refractivity contribution in [1.29, 1.82) is 0 Å². The van der Waals surface area contributed by atoms with Crippen LogP contribution in [0.3, 0.4) is 0 Å². The molecule has 1 heterocycles. The minimum Gasteiger partial charge on any atom is -0.494 e. The molecule has 0 saturated carbocycles. The molecule has 0 bridgehead atoms. The monoisotopic (exact) mass is 513 g/mol. The highest BCUT2D eigenvalue weighted by molar-refractivity contribution is 7.92. The summed E-state index contributed by atoms with van der Waals surface area (Å²) in [5.74, 6) is 0.160. The largest absolute Gasteiger partial charge is 0.494 e. The molecule has 0 atom stereocenters. The third kappa shape index (κ3) is 6.07. The van der Waals surface area contributed by atoms with Crippen LogP contribution >= 0.6 is 11.6 Å². The number of amides is 1. The van der Waals surface area contributed by atoms with E-state index in [-0.39, 0.29) is 4.90 Å². The van der Waals surface area contributed by atoms with Gasteiger partial charge in [0, 0.05) is 29.5 Å². The number of ether oxygens (including phenoxy) is 1. The summed E-state index contributed by atoms with van der Waals surface area (Å²) in [6.45, 7) is 4.03. The first-order chi connectivity index (χ1) is 16.9. The van der Waals surface area contributed by atoms with Crippen LogP contribution in [0.2, 0.25) is 5.02 Å². The number of halogens is 1. The maximum atomic E-state index is 13.5. The molecule has 184 valence electrons. The molecule has 9 heteroatoms. The van der Waals surface area contributed by atoms with Gasteiger partial charge < -0.3 is 15.0 Å². The molecule has 0 unspecified atom stereocenters. The van der Waals surface area contributed by atoms with E-state index in [0.29, 0.717) is 28.8 Å². The topological polar surface area (TPSA) is 79.0 Å². The smallest absolute Gasteiger partial charge is 0.264 e. The Labute approximate surface area is 211 Å². The van der Waals surface area contributed by atoms with Gasteiger partial charge in [-0.15, -0.1) is 0 Å². The Bertz CT molecular complexity index is 1240. The molecule has 7 nitrogen and oxygen atoms in total. The molecule has 1 saturated heterocycles. The highest BCUT2D eigenvalue weighted by atomic mass is 35.5. The van der Waals surface area contributed by atoms with E-state index in [1.165, 1.54) is 37.1 Å². The number of anilines is 3. The van der Waals surface area contributed by atoms with Crippen LogP contribution in [0.5, 0.6) is 5.75 Å². The van der Waals surface area contributed by atoms with Crippen molar-refractivity contribution >= 4 is 44.6 Å². The minimum atomic E-state index is -4.03. The van der Waals surface area contributed by atoms with Crippen LogP contribution < -0.4 is 19.3 Å². The van der Waals surface area contributed by atoms with Gasteiger partial charge in [0.05, 0.1) is 17.2 Å². The molecule has 0 aliphatic carbocycles. The van der Waals surface area contributed by atoms with Crippen molar-refractivity contribution in [2.75, 3.05) is 40.8 Å². The summed E-state index contributed by atoms with van der Waals surface area (Å²) in [7, 11) is -4.03. The Kier molecular flexibility index (Phi) is 7.83. The number of nitrogens with one attached hydrogen (secondary N) is 1. The second-order valence-corrected chi connectivity index (χ2v) is 10.5. The van der Waals surface area contributed by atoms with Crippen LogP contribution in [0.15, 0.2) is 77.7 Å². The summed E-state index contributed by atoms with van der Waals surface area (Å²) >= 11 is 5.94. The van der Waals surface area contributed by atoms with Gasteiger partial charge in [-0.1, -0.05) is 11.6 Å². The second-order valence-electron chi connectivity index (χ2n) is 8.18. The van der Waals surface area contributed by atoms with Crippen molar-refractivity contribution in [2.45, 2.75) is 24.7 Å². The van der Waals surface area contributed by atoms with E-state index in [9.17, 15) is 13.2 Å². The number of hydrogen-bond acceptors (Lipinski definition) is 5. The van der Waals surface area contributed by atoms with Crippen LogP contribution in [-0.4, -0.2) is 40.6 Å². The molecule has 0 aromatic heterocycles. The standard InChI is InChI=1S/C26H28ClN3O4S/c1-2-34-24-13-11-23(12-14-24)30(35(32,33)25-15-5-20(27)6-16-25)19-26(31)28-21-7-9-22(10-8-21)29-17-3-4-18-29/h5-16H,2-4,17-19H2,1H3,(H,28,31). The van der Waals surface area contributed by atoms with Crippen molar-refractivity contribution in [2.24, 2.45) is 0 Å². The van der Waals surface area contributed by atoms with E-state index < -0.39 is 22.5 Å². The number of nitrogens with zero attached hydrogens (tertiary/aromatic N) is 2. The molecule has 1 aliphatic rings. The van der Waals surface area contributed by atoms with Crippen LogP contribution in [0.4, 0.5) is 17.1 Å². The third-order valence-electron chi connectivity index (χ3n) is 5.75. The van der Waals surface area contributed by atoms with Gasteiger partial charge in [-0.2, -0.15) is 0 Å². The van der Waals surface area contributed by atoms with E-state index in [1.54, 1.807) is 24.3 Å². The predicted octanol–water partition coefficient (Wildman–Crippen LogP) is 5.17. The first kappa shape index (κ1) is 24.9. The first-order valence-electron chi connectivity index (χ1n) is 11.5. The zero-order valence-corrected chi connectivity index (χ0v) is 21.1. The fourth-order valence-electron chi connectivity index (χ4n) is 3.99. The molecule has 1 amide bonds. The van der Waals surface area contributed by atoms with Gasteiger partial charge in [-0.25, -0.2) is 8.42 Å². The van der Waals surface area contributed by atoms with Crippen LogP contribution in [-0.2, 0) is 14.8 Å². The SMILES string of the molecule is CCOc1ccc(N(CC(=O)Nc2ccc(N3CCCC3)cc2)S(=O)(=O)c2ccc(Cl)cc2)cc1. The molecule has 1 fully saturated rings. The van der Waals surface area contributed by atoms with E-state index in [2.05, 4.69) is 10.2 Å². The van der Waals surface area contributed by atoms with E-state index in [4.69, 9.17) is 16.3 Å². The number of hydrogen-bond donors (Lipinski definition) is 1. The predicted molar refractivity (Wildman–Crippen MR) is 140 cm³/mol. The second kappa shape index (κ2) is 11.0. The molecule has 0 radical (unpaired) electrons. The Morgan fingerprint density at radius 3 is 2.20 bits per heavy atom. The van der Waals surface area contributed by atoms with Gasteiger partial charge in [0.2, 0.25) is 5.91 Å². The number of rotatable bonds is 9. The summed E-state index contributed by atoms with van der Waals surface area (Å²) < 4.78 is 33.5. The van der Waals surface area contributed by atoms with Gasteiger partial charge >= 0.3 is 0 Å². The van der Waals surface area contributed by atoms with Crippen molar-refractivity contribution in [3.8, 4) is 5.75 Å². The van der Waals surface area contributed by atoms with Gasteiger partial charge in [0.1, 0.15) is 12.3 Å². The van der Waals surface area contributed by atoms with Gasteiger partial charge in [-0.3, -0.25) is 9.10 Å². The lowest BCUT2D eigenvalue weighted by molar-refractivity contribution is -0.114. The minimum absolute atomic E-state index is 0.0403. The Morgan fingerprint density at radius 2 is 1.60 bits per heavy atom. The summed E-state index contributed by atoms with van der Waals surface area (Å²) in [4.78, 5) is 15.3. The lowest BCUT2D eigenvalue weighted by Crippen LogP contribution is -2.38. The van der Waals surface area contributed by atoms with Gasteiger partial charge in [0.25, 0.3) is 10.0 Å². The number of benzene rings is 3. The van der Waals surface area contributed by atoms with Gasteiger partial charge in [0.15, 0.2) is 0 Å². The van der Waals surface area contributed by atoms with Crippen molar-refractivity contribution < 1.29 is 17.9 Å². The molecule has 35 heavy (non-hydrogen) atoms. The van der Waals surface area contributed by atoms with E-state index >= 15 is 0 Å². The average Bonchev–Trinajstić information content (AvgIpc) is 3.39. The summed E-state index contributed by atoms with van der Waals surface area (Å²) in [6, 6.07) is 20.1. The molecular formula is C26H28ClN3O4S.